The van der Waals surface area contributed by atoms with Crippen molar-refractivity contribution in [2.75, 3.05) is 12.4 Å². The molecular formula is C26H20FN5O3. The van der Waals surface area contributed by atoms with Gasteiger partial charge >= 0.3 is 0 Å². The second-order valence-corrected chi connectivity index (χ2v) is 7.48. The first-order valence-corrected chi connectivity index (χ1v) is 10.7. The number of anilines is 2. The van der Waals surface area contributed by atoms with Gasteiger partial charge in [0.2, 0.25) is 11.7 Å². The minimum atomic E-state index is -0.733. The highest BCUT2D eigenvalue weighted by Crippen LogP contribution is 2.22. The van der Waals surface area contributed by atoms with Crippen molar-refractivity contribution < 1.29 is 18.8 Å². The lowest BCUT2D eigenvalue weighted by Crippen LogP contribution is -2.22. The molecule has 0 aliphatic heterocycles. The maximum Gasteiger partial charge on any atom is 0.251 e. The molecule has 1 aromatic heterocycles. The number of carbonyl (C=O) groups is 3. The standard InChI is InChI=1S/C26H20FN5O3/c1-28-22(33)14-18-10-6-12-21(24(18)35)31-26-29-15-20(27)25(32-26)30-19-11-5-9-17(13-19)23(34)16-7-3-2-4-8-16/h2-11,13-15H,12H2,1H3,(H,28,33)(H,29,30,32). The van der Waals surface area contributed by atoms with Crippen LogP contribution in [0.25, 0.3) is 0 Å². The van der Waals surface area contributed by atoms with Gasteiger partial charge in [0, 0.05) is 41.9 Å². The van der Waals surface area contributed by atoms with Gasteiger partial charge in [-0.1, -0.05) is 54.6 Å². The van der Waals surface area contributed by atoms with Gasteiger partial charge in [-0.05, 0) is 12.1 Å². The summed E-state index contributed by atoms with van der Waals surface area (Å²) in [6.07, 6.45) is 5.57. The van der Waals surface area contributed by atoms with Crippen LogP contribution in [0.15, 0.2) is 89.6 Å². The second kappa shape index (κ2) is 10.4. The molecule has 8 nitrogen and oxygen atoms in total. The van der Waals surface area contributed by atoms with Gasteiger partial charge in [0.15, 0.2) is 17.4 Å². The molecule has 0 bridgehead atoms. The minimum absolute atomic E-state index is 0.121. The molecule has 0 unspecified atom stereocenters. The number of halogens is 1. The van der Waals surface area contributed by atoms with Crippen LogP contribution < -0.4 is 10.6 Å². The van der Waals surface area contributed by atoms with Gasteiger partial charge in [-0.3, -0.25) is 14.4 Å². The minimum Gasteiger partial charge on any atom is -0.356 e. The molecule has 9 heteroatoms. The molecule has 1 aliphatic carbocycles. The van der Waals surface area contributed by atoms with E-state index in [1.54, 1.807) is 60.7 Å². The van der Waals surface area contributed by atoms with E-state index in [0.717, 1.165) is 6.20 Å². The summed E-state index contributed by atoms with van der Waals surface area (Å²) in [7, 11) is 1.46. The Morgan fingerprint density at radius 2 is 1.86 bits per heavy atom. The molecule has 1 heterocycles. The van der Waals surface area contributed by atoms with E-state index in [2.05, 4.69) is 25.6 Å². The number of hydrogen-bond acceptors (Lipinski definition) is 7. The Balaban J connectivity index is 1.58. The van der Waals surface area contributed by atoms with Crippen molar-refractivity contribution in [3.8, 4) is 0 Å². The Hall–Kier alpha value is -4.79. The second-order valence-electron chi connectivity index (χ2n) is 7.48. The van der Waals surface area contributed by atoms with Crippen LogP contribution in [-0.2, 0) is 9.59 Å². The third-order valence-corrected chi connectivity index (χ3v) is 5.06. The fourth-order valence-corrected chi connectivity index (χ4v) is 3.31. The highest BCUT2D eigenvalue weighted by molar-refractivity contribution is 6.48. The van der Waals surface area contributed by atoms with Crippen molar-refractivity contribution in [1.29, 1.82) is 0 Å². The van der Waals surface area contributed by atoms with Crippen LogP contribution in [0.2, 0.25) is 0 Å². The van der Waals surface area contributed by atoms with E-state index in [1.807, 2.05) is 6.07 Å². The Kier molecular flexibility index (Phi) is 6.96. The third kappa shape index (κ3) is 5.59. The normalized spacial score (nSPS) is 15.3. The lowest BCUT2D eigenvalue weighted by Gasteiger charge is -2.11. The lowest BCUT2D eigenvalue weighted by atomic mass is 9.98. The maximum absolute atomic E-state index is 14.4. The largest absolute Gasteiger partial charge is 0.356 e. The number of rotatable bonds is 6. The number of hydrogen-bond donors (Lipinski definition) is 2. The Morgan fingerprint density at radius 1 is 1.09 bits per heavy atom. The monoisotopic (exact) mass is 469 g/mol. The third-order valence-electron chi connectivity index (χ3n) is 5.06. The number of nitrogens with one attached hydrogen (secondary N) is 2. The Morgan fingerprint density at radius 3 is 2.63 bits per heavy atom. The Bertz CT molecular complexity index is 1400. The zero-order chi connectivity index (χ0) is 24.8. The van der Waals surface area contributed by atoms with Gasteiger partial charge in [-0.15, -0.1) is 0 Å². The van der Waals surface area contributed by atoms with E-state index in [-0.39, 0.29) is 35.3 Å². The summed E-state index contributed by atoms with van der Waals surface area (Å²) in [5.74, 6) is -2.05. The molecule has 0 spiro atoms. The maximum atomic E-state index is 14.4. The van der Waals surface area contributed by atoms with Crippen molar-refractivity contribution in [2.45, 2.75) is 6.42 Å². The molecule has 3 aromatic rings. The summed E-state index contributed by atoms with van der Waals surface area (Å²) < 4.78 is 14.4. The van der Waals surface area contributed by atoms with Crippen LogP contribution >= 0.6 is 0 Å². The van der Waals surface area contributed by atoms with Gasteiger partial charge in [-0.2, -0.15) is 4.98 Å². The zero-order valence-corrected chi connectivity index (χ0v) is 18.7. The number of likely N-dealkylation sites (N-methyl/N-ethyl adjacent to an activating group) is 1. The van der Waals surface area contributed by atoms with Crippen LogP contribution in [0.4, 0.5) is 21.8 Å². The van der Waals surface area contributed by atoms with Gasteiger partial charge in [0.1, 0.15) is 0 Å². The SMILES string of the molecule is CNC(=O)C=C1C=CCC(=Nc2ncc(F)c(Nc3cccc(C(=O)c4ccccc4)c3)n2)C1=O. The van der Waals surface area contributed by atoms with Crippen LogP contribution in [0.1, 0.15) is 22.3 Å². The first-order valence-electron chi connectivity index (χ1n) is 10.7. The molecule has 0 saturated carbocycles. The predicted molar refractivity (Wildman–Crippen MR) is 130 cm³/mol. The van der Waals surface area contributed by atoms with Gasteiger partial charge in [0.25, 0.3) is 5.95 Å². The van der Waals surface area contributed by atoms with Crippen molar-refractivity contribution in [3.63, 3.8) is 0 Å². The fraction of sp³-hybridized carbons (Fsp3) is 0.0769. The van der Waals surface area contributed by atoms with Crippen LogP contribution in [0.3, 0.4) is 0 Å². The summed E-state index contributed by atoms with van der Waals surface area (Å²) in [5.41, 5.74) is 1.69. The molecule has 2 N–H and O–H groups in total. The topological polar surface area (TPSA) is 113 Å². The van der Waals surface area contributed by atoms with Crippen molar-refractivity contribution >= 4 is 40.6 Å². The number of aromatic nitrogens is 2. The number of amides is 1. The van der Waals surface area contributed by atoms with E-state index < -0.39 is 17.5 Å². The summed E-state index contributed by atoms with van der Waals surface area (Å²) in [6.45, 7) is 0. The number of carbonyl (C=O) groups excluding carboxylic acids is 3. The summed E-state index contributed by atoms with van der Waals surface area (Å²) in [6, 6.07) is 15.4. The van der Waals surface area contributed by atoms with E-state index in [0.29, 0.717) is 16.8 Å². The van der Waals surface area contributed by atoms with Crippen molar-refractivity contribution in [1.82, 2.24) is 15.3 Å². The first kappa shape index (κ1) is 23.4. The number of Topliss-reactive ketones (excluding diaryl/α,β-unsaturated/α-hetero) is 1. The molecule has 0 radical (unpaired) electrons. The molecule has 0 atom stereocenters. The van der Waals surface area contributed by atoms with Gasteiger partial charge < -0.3 is 10.6 Å². The van der Waals surface area contributed by atoms with Crippen LogP contribution in [0, 0.1) is 5.82 Å². The van der Waals surface area contributed by atoms with Gasteiger partial charge in [-0.25, -0.2) is 14.4 Å². The summed E-state index contributed by atoms with van der Waals surface area (Å²) in [4.78, 5) is 49.1. The molecule has 4 rings (SSSR count). The van der Waals surface area contributed by atoms with Crippen LogP contribution in [-0.4, -0.2) is 40.2 Å². The average molecular weight is 469 g/mol. The number of aliphatic imine (C=N–C) groups is 1. The molecule has 1 amide bonds. The molecule has 35 heavy (non-hydrogen) atoms. The summed E-state index contributed by atoms with van der Waals surface area (Å²) in [5, 5.41) is 5.26. The predicted octanol–water partition coefficient (Wildman–Crippen LogP) is 3.86. The molecule has 0 fully saturated rings. The Labute approximate surface area is 200 Å². The highest BCUT2D eigenvalue weighted by Gasteiger charge is 2.20. The molecule has 0 saturated heterocycles. The lowest BCUT2D eigenvalue weighted by molar-refractivity contribution is -0.116. The molecule has 1 aliphatic rings. The summed E-state index contributed by atoms with van der Waals surface area (Å²) >= 11 is 0. The highest BCUT2D eigenvalue weighted by atomic mass is 19.1. The van der Waals surface area contributed by atoms with E-state index >= 15 is 0 Å². The quantitative estimate of drug-likeness (QED) is 0.419. The fourth-order valence-electron chi connectivity index (χ4n) is 3.31. The van der Waals surface area contributed by atoms with Gasteiger partial charge in [0.05, 0.1) is 11.9 Å². The van der Waals surface area contributed by atoms with Crippen molar-refractivity contribution in [3.05, 3.63) is 102 Å². The van der Waals surface area contributed by atoms with E-state index in [1.165, 1.54) is 13.1 Å². The number of benzene rings is 2. The number of ketones is 2. The number of allylic oxidation sites excluding steroid dienone is 3. The smallest absolute Gasteiger partial charge is 0.251 e. The zero-order valence-electron chi connectivity index (χ0n) is 18.7. The molecule has 174 valence electrons. The first-order chi connectivity index (χ1) is 16.9. The van der Waals surface area contributed by atoms with E-state index in [4.69, 9.17) is 0 Å². The molecular weight excluding hydrogens is 449 g/mol. The molecule has 2 aromatic carbocycles. The van der Waals surface area contributed by atoms with E-state index in [9.17, 15) is 18.8 Å². The van der Waals surface area contributed by atoms with Crippen molar-refractivity contribution in [2.24, 2.45) is 4.99 Å². The number of nitrogens with zero attached hydrogens (tertiary/aromatic N) is 3. The average Bonchev–Trinajstić information content (AvgIpc) is 2.88. The van der Waals surface area contributed by atoms with Crippen LogP contribution in [0.5, 0.6) is 0 Å².